The van der Waals surface area contributed by atoms with Crippen LogP contribution >= 0.6 is 0 Å². The van der Waals surface area contributed by atoms with E-state index in [9.17, 15) is 18.0 Å². The molecule has 2 aromatic heterocycles. The largest absolute Gasteiger partial charge is 0.416 e. The van der Waals surface area contributed by atoms with E-state index in [2.05, 4.69) is 20.4 Å². The van der Waals surface area contributed by atoms with Crippen LogP contribution in [-0.2, 0) is 6.18 Å². The second kappa shape index (κ2) is 6.82. The standard InChI is InChI=1S/C18H16F3N5O/c1-10-11(2)25-26(12(10)3)17-22-8-15(9-23-17)24-16(27)13-5-4-6-14(7-13)18(19,20)21/h4-9H,1-3H3,(H,24,27). The van der Waals surface area contributed by atoms with Crippen LogP contribution in [-0.4, -0.2) is 25.7 Å². The lowest BCUT2D eigenvalue weighted by Gasteiger charge is -2.09. The lowest BCUT2D eigenvalue weighted by Crippen LogP contribution is -2.15. The number of aromatic nitrogens is 4. The number of hydrogen-bond donors (Lipinski definition) is 1. The minimum absolute atomic E-state index is 0.108. The van der Waals surface area contributed by atoms with Crippen molar-refractivity contribution in [2.45, 2.75) is 26.9 Å². The first kappa shape index (κ1) is 18.6. The SMILES string of the molecule is Cc1nn(-c2ncc(NC(=O)c3cccc(C(F)(F)F)c3)cn2)c(C)c1C. The summed E-state index contributed by atoms with van der Waals surface area (Å²) < 4.78 is 39.9. The van der Waals surface area contributed by atoms with Gasteiger partial charge in [0.2, 0.25) is 0 Å². The minimum atomic E-state index is -4.51. The van der Waals surface area contributed by atoms with Crippen molar-refractivity contribution in [1.29, 1.82) is 0 Å². The Balaban J connectivity index is 1.79. The Hall–Kier alpha value is -3.23. The molecular weight excluding hydrogens is 359 g/mol. The first-order valence-corrected chi connectivity index (χ1v) is 8.00. The van der Waals surface area contributed by atoms with E-state index in [1.54, 1.807) is 4.68 Å². The highest BCUT2D eigenvalue weighted by Crippen LogP contribution is 2.29. The fourth-order valence-electron chi connectivity index (χ4n) is 2.45. The number of carbonyl (C=O) groups is 1. The van der Waals surface area contributed by atoms with Crippen molar-refractivity contribution in [3.63, 3.8) is 0 Å². The van der Waals surface area contributed by atoms with Crippen molar-refractivity contribution >= 4 is 11.6 Å². The maximum Gasteiger partial charge on any atom is 0.416 e. The molecule has 0 bridgehead atoms. The number of alkyl halides is 3. The lowest BCUT2D eigenvalue weighted by atomic mass is 10.1. The maximum atomic E-state index is 12.8. The van der Waals surface area contributed by atoms with E-state index in [1.807, 2.05) is 20.8 Å². The molecule has 0 fully saturated rings. The number of aryl methyl sites for hydroxylation is 1. The van der Waals surface area contributed by atoms with Crippen LogP contribution in [0.2, 0.25) is 0 Å². The number of rotatable bonds is 3. The minimum Gasteiger partial charge on any atom is -0.319 e. The second-order valence-electron chi connectivity index (χ2n) is 6.01. The van der Waals surface area contributed by atoms with Gasteiger partial charge in [0.15, 0.2) is 0 Å². The lowest BCUT2D eigenvalue weighted by molar-refractivity contribution is -0.137. The molecule has 3 rings (SSSR count). The van der Waals surface area contributed by atoms with Gasteiger partial charge in [0.25, 0.3) is 11.9 Å². The third-order valence-electron chi connectivity index (χ3n) is 4.19. The van der Waals surface area contributed by atoms with E-state index in [0.717, 1.165) is 29.1 Å². The summed E-state index contributed by atoms with van der Waals surface area (Å²) in [5.74, 6) is -0.347. The quantitative estimate of drug-likeness (QED) is 0.755. The summed E-state index contributed by atoms with van der Waals surface area (Å²) in [7, 11) is 0. The molecule has 0 unspecified atom stereocenters. The molecule has 9 heteroatoms. The van der Waals surface area contributed by atoms with Crippen molar-refractivity contribution < 1.29 is 18.0 Å². The number of anilines is 1. The van der Waals surface area contributed by atoms with Crippen molar-refractivity contribution in [2.75, 3.05) is 5.32 Å². The predicted molar refractivity (Wildman–Crippen MR) is 92.8 cm³/mol. The highest BCUT2D eigenvalue weighted by molar-refractivity contribution is 6.04. The van der Waals surface area contributed by atoms with Gasteiger partial charge in [-0.25, -0.2) is 14.6 Å². The van der Waals surface area contributed by atoms with Crippen LogP contribution in [0.15, 0.2) is 36.7 Å². The molecule has 0 aliphatic carbocycles. The predicted octanol–water partition coefficient (Wildman–Crippen LogP) is 3.86. The van der Waals surface area contributed by atoms with E-state index >= 15 is 0 Å². The molecule has 6 nitrogen and oxygen atoms in total. The van der Waals surface area contributed by atoms with Gasteiger partial charge in [0.1, 0.15) is 0 Å². The third-order valence-corrected chi connectivity index (χ3v) is 4.19. The molecule has 140 valence electrons. The Bertz CT molecular complexity index is 993. The molecule has 27 heavy (non-hydrogen) atoms. The van der Waals surface area contributed by atoms with Crippen LogP contribution in [0.25, 0.3) is 5.95 Å². The molecule has 0 saturated heterocycles. The summed E-state index contributed by atoms with van der Waals surface area (Å²) in [4.78, 5) is 20.5. The number of nitrogens with one attached hydrogen (secondary N) is 1. The van der Waals surface area contributed by atoms with Crippen LogP contribution in [0, 0.1) is 20.8 Å². The first-order chi connectivity index (χ1) is 12.7. The highest BCUT2D eigenvalue weighted by Gasteiger charge is 2.30. The van der Waals surface area contributed by atoms with Crippen molar-refractivity contribution in [1.82, 2.24) is 19.7 Å². The summed E-state index contributed by atoms with van der Waals surface area (Å²) in [5.41, 5.74) is 2.05. The van der Waals surface area contributed by atoms with E-state index in [-0.39, 0.29) is 11.3 Å². The second-order valence-corrected chi connectivity index (χ2v) is 6.01. The molecule has 0 atom stereocenters. The number of amides is 1. The van der Waals surface area contributed by atoms with Gasteiger partial charge in [0.05, 0.1) is 29.3 Å². The first-order valence-electron chi connectivity index (χ1n) is 8.00. The van der Waals surface area contributed by atoms with Crippen molar-refractivity contribution in [2.24, 2.45) is 0 Å². The van der Waals surface area contributed by atoms with E-state index in [0.29, 0.717) is 5.95 Å². The fourth-order valence-corrected chi connectivity index (χ4v) is 2.45. The van der Waals surface area contributed by atoms with Gasteiger partial charge in [-0.05, 0) is 44.5 Å². The number of halogens is 3. The Kier molecular flexibility index (Phi) is 4.69. The van der Waals surface area contributed by atoms with E-state index in [1.165, 1.54) is 24.5 Å². The molecule has 0 spiro atoms. The molecule has 0 saturated carbocycles. The molecule has 0 aliphatic heterocycles. The summed E-state index contributed by atoms with van der Waals surface area (Å²) in [6, 6.07) is 4.19. The van der Waals surface area contributed by atoms with Crippen LogP contribution in [0.1, 0.15) is 32.9 Å². The van der Waals surface area contributed by atoms with Gasteiger partial charge < -0.3 is 5.32 Å². The van der Waals surface area contributed by atoms with Gasteiger partial charge in [-0.2, -0.15) is 18.3 Å². The molecule has 1 aromatic carbocycles. The average Bonchev–Trinajstić information content (AvgIpc) is 2.89. The van der Waals surface area contributed by atoms with Gasteiger partial charge >= 0.3 is 6.18 Å². The zero-order valence-corrected chi connectivity index (χ0v) is 14.8. The third kappa shape index (κ3) is 3.81. The normalized spacial score (nSPS) is 11.5. The average molecular weight is 375 g/mol. The topological polar surface area (TPSA) is 72.7 Å². The molecular formula is C18H16F3N5O. The fraction of sp³-hybridized carbons (Fsp3) is 0.222. The zero-order valence-electron chi connectivity index (χ0n) is 14.8. The Labute approximate surface area is 153 Å². The van der Waals surface area contributed by atoms with E-state index < -0.39 is 17.6 Å². The number of hydrogen-bond acceptors (Lipinski definition) is 4. The maximum absolute atomic E-state index is 12.8. The summed E-state index contributed by atoms with van der Waals surface area (Å²) in [6.07, 6.45) is -1.77. The summed E-state index contributed by atoms with van der Waals surface area (Å²) >= 11 is 0. The van der Waals surface area contributed by atoms with Gasteiger partial charge in [0, 0.05) is 11.3 Å². The number of nitrogens with zero attached hydrogens (tertiary/aromatic N) is 4. The summed E-state index contributed by atoms with van der Waals surface area (Å²) in [5, 5.41) is 6.83. The summed E-state index contributed by atoms with van der Waals surface area (Å²) in [6.45, 7) is 5.71. The molecule has 1 N–H and O–H groups in total. The van der Waals surface area contributed by atoms with E-state index in [4.69, 9.17) is 0 Å². The van der Waals surface area contributed by atoms with Gasteiger partial charge in [-0.1, -0.05) is 6.07 Å². The Morgan fingerprint density at radius 1 is 1.11 bits per heavy atom. The van der Waals surface area contributed by atoms with Crippen LogP contribution in [0.3, 0.4) is 0 Å². The van der Waals surface area contributed by atoms with Gasteiger partial charge in [-0.15, -0.1) is 0 Å². The van der Waals surface area contributed by atoms with Crippen molar-refractivity contribution in [3.05, 3.63) is 64.7 Å². The molecule has 2 heterocycles. The smallest absolute Gasteiger partial charge is 0.319 e. The van der Waals surface area contributed by atoms with Crippen LogP contribution < -0.4 is 5.32 Å². The Morgan fingerprint density at radius 3 is 2.33 bits per heavy atom. The molecule has 0 aliphatic rings. The molecule has 3 aromatic rings. The zero-order chi connectivity index (χ0) is 19.8. The molecule has 0 radical (unpaired) electrons. The van der Waals surface area contributed by atoms with Crippen LogP contribution in [0.5, 0.6) is 0 Å². The molecule has 1 amide bonds. The van der Waals surface area contributed by atoms with Crippen LogP contribution in [0.4, 0.5) is 18.9 Å². The van der Waals surface area contributed by atoms with Crippen molar-refractivity contribution in [3.8, 4) is 5.95 Å². The highest BCUT2D eigenvalue weighted by atomic mass is 19.4. The number of carbonyl (C=O) groups excluding carboxylic acids is 1. The Morgan fingerprint density at radius 2 is 1.78 bits per heavy atom. The number of benzene rings is 1. The monoisotopic (exact) mass is 375 g/mol. The van der Waals surface area contributed by atoms with Gasteiger partial charge in [-0.3, -0.25) is 4.79 Å².